The molecule has 0 N–H and O–H groups in total. The van der Waals surface area contributed by atoms with Crippen LogP contribution in [0.1, 0.15) is 65.2 Å². The van der Waals surface area contributed by atoms with Crippen LogP contribution >= 0.6 is 0 Å². The zero-order valence-corrected chi connectivity index (χ0v) is 21.2. The normalized spacial score (nSPS) is 46.3. The van der Waals surface area contributed by atoms with Gasteiger partial charge in [0.2, 0.25) is 0 Å². The second kappa shape index (κ2) is 7.91. The summed E-state index contributed by atoms with van der Waals surface area (Å²) in [5, 5.41) is 9.14. The van der Waals surface area contributed by atoms with Gasteiger partial charge in [-0.1, -0.05) is 24.2 Å². The number of hydrogen-bond acceptors (Lipinski definition) is 5. The van der Waals surface area contributed by atoms with E-state index in [1.165, 1.54) is 49.9 Å². The summed E-state index contributed by atoms with van der Waals surface area (Å²) in [6.07, 6.45) is 10.0. The molecule has 0 saturated heterocycles. The summed E-state index contributed by atoms with van der Waals surface area (Å²) < 4.78 is 6.56. The van der Waals surface area contributed by atoms with Crippen molar-refractivity contribution in [3.63, 3.8) is 0 Å². The summed E-state index contributed by atoms with van der Waals surface area (Å²) in [7, 11) is 1.88. The molecular weight excluding hydrogens is 392 g/mol. The fraction of sp³-hybridized carbons (Fsp3) is 0.917. The maximum atomic E-state index is 6.56. The van der Waals surface area contributed by atoms with E-state index in [0.29, 0.717) is 29.3 Å². The van der Waals surface area contributed by atoms with Crippen molar-refractivity contribution < 1.29 is 14.1 Å². The molecule has 0 spiro atoms. The third kappa shape index (κ3) is 3.66. The molecule has 4 saturated carbocycles. The molecule has 0 amide bonds. The summed E-state index contributed by atoms with van der Waals surface area (Å²) in [5.41, 5.74) is 2.89. The lowest BCUT2D eigenvalue weighted by Gasteiger charge is -2.60. The molecule has 5 nitrogen and oxygen atoms in total. The van der Waals surface area contributed by atoms with Gasteiger partial charge in [0, 0.05) is 23.9 Å². The Balaban J connectivity index is 1.64. The van der Waals surface area contributed by atoms with E-state index >= 15 is 0 Å². The van der Waals surface area contributed by atoms with E-state index in [9.17, 15) is 0 Å². The Bertz CT molecular complexity index is 718. The molecule has 0 bridgehead atoms. The van der Waals surface area contributed by atoms with E-state index in [-0.39, 0.29) is 5.41 Å². The number of rotatable bonds is 4. The lowest BCUT2D eigenvalue weighted by atomic mass is 9.44. The fourth-order valence-electron chi connectivity index (χ4n) is 7.94. The first-order valence-electron chi connectivity index (χ1n) is 12.0. The Morgan fingerprint density at radius 2 is 1.70 bits per heavy atom. The summed E-state index contributed by atoms with van der Waals surface area (Å²) in [6.45, 7) is 11.9. The van der Waals surface area contributed by atoms with Crippen LogP contribution in [0.2, 0.25) is 19.6 Å². The molecule has 0 aromatic rings. The Morgan fingerprint density at radius 1 is 0.967 bits per heavy atom. The highest BCUT2D eigenvalue weighted by atomic mass is 28.4. The Hall–Kier alpha value is -0.883. The summed E-state index contributed by atoms with van der Waals surface area (Å²) in [5.74, 6) is 2.62. The average molecular weight is 435 g/mol. The molecule has 6 heteroatoms. The van der Waals surface area contributed by atoms with Crippen LogP contribution in [0, 0.1) is 34.5 Å². The van der Waals surface area contributed by atoms with E-state index in [1.54, 1.807) is 14.2 Å². The molecule has 0 aromatic heterocycles. The minimum Gasteiger partial charge on any atom is -0.415 e. The molecule has 4 aliphatic rings. The van der Waals surface area contributed by atoms with Crippen molar-refractivity contribution in [2.45, 2.75) is 91.0 Å². The fourth-order valence-corrected chi connectivity index (χ4v) is 9.15. The first-order chi connectivity index (χ1) is 14.1. The quantitative estimate of drug-likeness (QED) is 0.411. The average Bonchev–Trinajstić information content (AvgIpc) is 2.97. The summed E-state index contributed by atoms with van der Waals surface area (Å²) in [6, 6.07) is 0. The number of oxime groups is 2. The van der Waals surface area contributed by atoms with Crippen LogP contribution in [0.5, 0.6) is 0 Å². The van der Waals surface area contributed by atoms with Gasteiger partial charge < -0.3 is 14.1 Å². The van der Waals surface area contributed by atoms with E-state index in [2.05, 4.69) is 43.8 Å². The predicted molar refractivity (Wildman–Crippen MR) is 124 cm³/mol. The van der Waals surface area contributed by atoms with Gasteiger partial charge in [-0.3, -0.25) is 0 Å². The largest absolute Gasteiger partial charge is 0.415 e. The molecule has 0 aromatic carbocycles. The number of hydrogen-bond donors (Lipinski definition) is 0. The molecule has 170 valence electrons. The van der Waals surface area contributed by atoms with Crippen LogP contribution < -0.4 is 0 Å². The van der Waals surface area contributed by atoms with Crippen LogP contribution in [-0.2, 0) is 14.1 Å². The molecule has 4 aliphatic carbocycles. The third-order valence-corrected chi connectivity index (χ3v) is 10.0. The predicted octanol–water partition coefficient (Wildman–Crippen LogP) is 5.86. The molecule has 4 fully saturated rings. The highest BCUT2D eigenvalue weighted by Gasteiger charge is 2.62. The summed E-state index contributed by atoms with van der Waals surface area (Å²) in [4.78, 5) is 10.7. The minimum absolute atomic E-state index is 0.0654. The van der Waals surface area contributed by atoms with Crippen molar-refractivity contribution >= 4 is 19.7 Å². The van der Waals surface area contributed by atoms with E-state index < -0.39 is 8.32 Å². The SMILES string of the molecule is CO/N=C1/CCC2C3CC[C@@H]4C[C@H](O[Si](C)(C)C)CCC4(C)C3/C(=N/OC)CC12C. The second-order valence-corrected chi connectivity index (χ2v) is 16.2. The Morgan fingerprint density at radius 3 is 2.37 bits per heavy atom. The van der Waals surface area contributed by atoms with Crippen LogP contribution in [0.15, 0.2) is 10.3 Å². The van der Waals surface area contributed by atoms with Crippen LogP contribution in [0.4, 0.5) is 0 Å². The van der Waals surface area contributed by atoms with Crippen LogP contribution in [-0.4, -0.2) is 40.1 Å². The van der Waals surface area contributed by atoms with Crippen molar-refractivity contribution in [3.8, 4) is 0 Å². The van der Waals surface area contributed by atoms with E-state index in [0.717, 1.165) is 18.8 Å². The van der Waals surface area contributed by atoms with Gasteiger partial charge in [-0.05, 0) is 87.8 Å². The Labute approximate surface area is 184 Å². The lowest BCUT2D eigenvalue weighted by molar-refractivity contribution is -0.0720. The maximum Gasteiger partial charge on any atom is 0.184 e. The van der Waals surface area contributed by atoms with Crippen molar-refractivity contribution in [1.82, 2.24) is 0 Å². The van der Waals surface area contributed by atoms with Crippen molar-refractivity contribution in [3.05, 3.63) is 0 Å². The van der Waals surface area contributed by atoms with Gasteiger partial charge >= 0.3 is 0 Å². The van der Waals surface area contributed by atoms with Crippen molar-refractivity contribution in [1.29, 1.82) is 0 Å². The van der Waals surface area contributed by atoms with Gasteiger partial charge in [-0.2, -0.15) is 0 Å². The van der Waals surface area contributed by atoms with Crippen LogP contribution in [0.3, 0.4) is 0 Å². The van der Waals surface area contributed by atoms with Crippen molar-refractivity contribution in [2.75, 3.05) is 14.2 Å². The number of fused-ring (bicyclic) bond motifs is 5. The van der Waals surface area contributed by atoms with E-state index in [4.69, 9.17) is 14.1 Å². The first kappa shape index (κ1) is 22.3. The minimum atomic E-state index is -1.50. The van der Waals surface area contributed by atoms with Crippen LogP contribution in [0.25, 0.3) is 0 Å². The molecule has 4 rings (SSSR count). The maximum absolute atomic E-state index is 6.56. The van der Waals surface area contributed by atoms with E-state index in [1.807, 2.05) is 0 Å². The molecule has 5 unspecified atom stereocenters. The molecular formula is C24H42N2O3Si. The van der Waals surface area contributed by atoms with Gasteiger partial charge in [0.1, 0.15) is 14.2 Å². The molecule has 0 heterocycles. The van der Waals surface area contributed by atoms with Gasteiger partial charge in [0.05, 0.1) is 11.4 Å². The third-order valence-electron chi connectivity index (χ3n) is 9.00. The summed E-state index contributed by atoms with van der Waals surface area (Å²) >= 11 is 0. The monoisotopic (exact) mass is 434 g/mol. The number of nitrogens with zero attached hydrogens (tertiary/aromatic N) is 2. The van der Waals surface area contributed by atoms with Gasteiger partial charge in [0.25, 0.3) is 0 Å². The second-order valence-electron chi connectivity index (χ2n) is 11.8. The van der Waals surface area contributed by atoms with Gasteiger partial charge in [0.15, 0.2) is 8.32 Å². The molecule has 0 aliphatic heterocycles. The standard InChI is InChI=1S/C24H42N2O3Si/c1-23-13-12-17(29-30(5,6)7)14-16(23)8-9-18-19-10-11-21(26-28-4)24(19,2)15-20(22(18)23)25-27-3/h16-19,22H,8-15H2,1-7H3/b25-20+,26-21-/t16-,17-,18?,19?,22?,23?,24?/m1/s1. The first-order valence-corrected chi connectivity index (χ1v) is 15.4. The van der Waals surface area contributed by atoms with Gasteiger partial charge in [-0.25, -0.2) is 0 Å². The lowest BCUT2D eigenvalue weighted by Crippen LogP contribution is -2.58. The molecule has 7 atom stereocenters. The zero-order valence-electron chi connectivity index (χ0n) is 20.2. The zero-order chi connectivity index (χ0) is 21.7. The van der Waals surface area contributed by atoms with Gasteiger partial charge in [-0.15, -0.1) is 0 Å². The molecule has 0 radical (unpaired) electrons. The highest BCUT2D eigenvalue weighted by molar-refractivity contribution is 6.69. The molecule has 30 heavy (non-hydrogen) atoms. The topological polar surface area (TPSA) is 52.4 Å². The van der Waals surface area contributed by atoms with Crippen molar-refractivity contribution in [2.24, 2.45) is 44.8 Å². The smallest absolute Gasteiger partial charge is 0.184 e. The highest BCUT2D eigenvalue weighted by Crippen LogP contribution is 2.65. The Kier molecular flexibility index (Phi) is 5.89.